The maximum Gasteiger partial charge on any atom is 0.472 e. The smallest absolute Gasteiger partial charge is 0.462 e. The summed E-state index contributed by atoms with van der Waals surface area (Å²) in [6, 6.07) is 0. The first-order valence-corrected chi connectivity index (χ1v) is 30.3. The van der Waals surface area contributed by atoms with Gasteiger partial charge in [-0.25, -0.2) is 4.57 Å². The monoisotopic (exact) mass is 1030 g/mol. The van der Waals surface area contributed by atoms with Crippen LogP contribution < -0.4 is 0 Å². The van der Waals surface area contributed by atoms with Crippen molar-refractivity contribution >= 4 is 25.7 Å². The van der Waals surface area contributed by atoms with Crippen LogP contribution in [0, 0.1) is 0 Å². The zero-order chi connectivity index (χ0) is 52.7. The standard InChI is InChI=1S/C60H105O11P/c1-4-7-10-13-16-19-22-25-27-28-30-33-36-39-42-45-48-51-60(64)71-57(53-67-58(62)49-46-43-40-37-34-31-24-21-18-15-12-9-6-3)55-69-72(65,66)68-54-56(52-61)70-59(63)50-47-44-41-38-35-32-29-26-23-20-17-14-11-8-5-2/h9,12,17-18,20-21,25-27,29,31,34,56-57,61H,4-8,10-11,13-16,19,22-24,28,30,32-33,35-55H2,1-3H3,(H,65,66)/b12-9-,20-17-,21-18-,27-25-,29-26-,34-31-. The lowest BCUT2D eigenvalue weighted by atomic mass is 10.1. The van der Waals surface area contributed by atoms with Crippen LogP contribution in [0.2, 0.25) is 0 Å². The number of hydrogen-bond acceptors (Lipinski definition) is 10. The van der Waals surface area contributed by atoms with Gasteiger partial charge in [0.1, 0.15) is 12.7 Å². The van der Waals surface area contributed by atoms with E-state index >= 15 is 0 Å². The van der Waals surface area contributed by atoms with E-state index in [9.17, 15) is 28.9 Å². The summed E-state index contributed by atoms with van der Waals surface area (Å²) in [5.74, 6) is -1.52. The van der Waals surface area contributed by atoms with E-state index < -0.39 is 57.8 Å². The van der Waals surface area contributed by atoms with Gasteiger partial charge in [0, 0.05) is 19.3 Å². The Morgan fingerprint density at radius 2 is 0.722 bits per heavy atom. The molecule has 0 aromatic carbocycles. The van der Waals surface area contributed by atoms with Crippen molar-refractivity contribution < 1.29 is 52.2 Å². The third-order valence-electron chi connectivity index (χ3n) is 12.1. The molecule has 2 N–H and O–H groups in total. The predicted molar refractivity (Wildman–Crippen MR) is 298 cm³/mol. The van der Waals surface area contributed by atoms with Gasteiger partial charge in [0.25, 0.3) is 0 Å². The zero-order valence-corrected chi connectivity index (χ0v) is 46.8. The third-order valence-corrected chi connectivity index (χ3v) is 13.0. The molecule has 0 aromatic heterocycles. The number of carbonyl (C=O) groups excluding carboxylic acids is 3. The molecule has 416 valence electrons. The summed E-state index contributed by atoms with van der Waals surface area (Å²) >= 11 is 0. The van der Waals surface area contributed by atoms with Crippen LogP contribution in [0.5, 0.6) is 0 Å². The Labute approximate surface area is 439 Å². The molecule has 0 amide bonds. The van der Waals surface area contributed by atoms with E-state index in [-0.39, 0.29) is 25.9 Å². The fourth-order valence-corrected chi connectivity index (χ4v) is 8.47. The Morgan fingerprint density at radius 3 is 1.17 bits per heavy atom. The van der Waals surface area contributed by atoms with Crippen molar-refractivity contribution in [1.82, 2.24) is 0 Å². The van der Waals surface area contributed by atoms with Crippen LogP contribution in [0.4, 0.5) is 0 Å². The number of rotatable bonds is 53. The first-order valence-electron chi connectivity index (χ1n) is 28.8. The van der Waals surface area contributed by atoms with Crippen molar-refractivity contribution in [3.63, 3.8) is 0 Å². The molecule has 0 rings (SSSR count). The van der Waals surface area contributed by atoms with Gasteiger partial charge in [-0.1, -0.05) is 196 Å². The van der Waals surface area contributed by atoms with E-state index in [0.29, 0.717) is 19.3 Å². The number of aliphatic hydroxyl groups is 1. The summed E-state index contributed by atoms with van der Waals surface area (Å²) in [5, 5.41) is 9.81. The summed E-state index contributed by atoms with van der Waals surface area (Å²) in [4.78, 5) is 48.5. The maximum absolute atomic E-state index is 12.9. The van der Waals surface area contributed by atoms with E-state index in [2.05, 4.69) is 93.7 Å². The van der Waals surface area contributed by atoms with Gasteiger partial charge in [-0.15, -0.1) is 0 Å². The second-order valence-electron chi connectivity index (χ2n) is 19.1. The van der Waals surface area contributed by atoms with Crippen molar-refractivity contribution in [3.05, 3.63) is 72.9 Å². The number of allylic oxidation sites excluding steroid dienone is 12. The molecule has 3 unspecified atom stereocenters. The van der Waals surface area contributed by atoms with Crippen molar-refractivity contribution in [2.45, 2.75) is 264 Å². The van der Waals surface area contributed by atoms with Crippen molar-refractivity contribution in [2.24, 2.45) is 0 Å². The molecule has 12 heteroatoms. The lowest BCUT2D eigenvalue weighted by molar-refractivity contribution is -0.161. The molecule has 11 nitrogen and oxygen atoms in total. The second kappa shape index (κ2) is 54.2. The molecule has 72 heavy (non-hydrogen) atoms. The van der Waals surface area contributed by atoms with Crippen LogP contribution in [0.15, 0.2) is 72.9 Å². The zero-order valence-electron chi connectivity index (χ0n) is 45.9. The first-order chi connectivity index (χ1) is 35.2. The normalized spacial score (nSPS) is 13.9. The molecular weight excluding hydrogens is 928 g/mol. The summed E-state index contributed by atoms with van der Waals surface area (Å²) in [6.45, 7) is 4.45. The number of hydrogen-bond donors (Lipinski definition) is 2. The Hall–Kier alpha value is -3.08. The highest BCUT2D eigenvalue weighted by atomic mass is 31.2. The molecule has 0 aliphatic carbocycles. The number of esters is 3. The maximum atomic E-state index is 12.9. The quantitative estimate of drug-likeness (QED) is 0.0197. The Kier molecular flexibility index (Phi) is 51.9. The minimum absolute atomic E-state index is 0.154. The topological polar surface area (TPSA) is 155 Å². The van der Waals surface area contributed by atoms with Crippen molar-refractivity contribution in [2.75, 3.05) is 26.4 Å². The summed E-state index contributed by atoms with van der Waals surface area (Å²) in [7, 11) is -4.76. The van der Waals surface area contributed by atoms with E-state index in [0.717, 1.165) is 116 Å². The van der Waals surface area contributed by atoms with Gasteiger partial charge in [0.05, 0.1) is 19.8 Å². The van der Waals surface area contributed by atoms with Crippen molar-refractivity contribution in [3.8, 4) is 0 Å². The lowest BCUT2D eigenvalue weighted by Crippen LogP contribution is -2.30. The molecule has 0 aromatic rings. The highest BCUT2D eigenvalue weighted by Gasteiger charge is 2.28. The number of unbranched alkanes of at least 4 members (excludes halogenated alkanes) is 24. The number of carbonyl (C=O) groups is 3. The van der Waals surface area contributed by atoms with Crippen LogP contribution >= 0.6 is 7.82 Å². The molecule has 0 bridgehead atoms. The third kappa shape index (κ3) is 51.8. The fourth-order valence-electron chi connectivity index (χ4n) is 7.69. The van der Waals surface area contributed by atoms with E-state index in [1.807, 2.05) is 0 Å². The van der Waals surface area contributed by atoms with E-state index in [1.165, 1.54) is 77.0 Å². The average Bonchev–Trinajstić information content (AvgIpc) is 3.37. The van der Waals surface area contributed by atoms with Crippen molar-refractivity contribution in [1.29, 1.82) is 0 Å². The second-order valence-corrected chi connectivity index (χ2v) is 20.5. The van der Waals surface area contributed by atoms with Gasteiger partial charge in [-0.3, -0.25) is 23.4 Å². The average molecular weight is 1030 g/mol. The van der Waals surface area contributed by atoms with Crippen LogP contribution in [-0.2, 0) is 42.2 Å². The molecule has 0 saturated heterocycles. The predicted octanol–water partition coefficient (Wildman–Crippen LogP) is 16.9. The summed E-state index contributed by atoms with van der Waals surface area (Å²) in [5.41, 5.74) is 0. The fraction of sp³-hybridized carbons (Fsp3) is 0.750. The minimum Gasteiger partial charge on any atom is -0.462 e. The molecule has 0 heterocycles. The summed E-state index contributed by atoms with van der Waals surface area (Å²) in [6.07, 6.45) is 60.0. The molecule has 0 radical (unpaired) electrons. The van der Waals surface area contributed by atoms with Crippen LogP contribution in [0.1, 0.15) is 252 Å². The Morgan fingerprint density at radius 1 is 0.403 bits per heavy atom. The number of phosphoric ester groups is 1. The van der Waals surface area contributed by atoms with E-state index in [1.54, 1.807) is 0 Å². The molecule has 0 aliphatic rings. The van der Waals surface area contributed by atoms with Crippen LogP contribution in [0.25, 0.3) is 0 Å². The molecule has 0 spiro atoms. The number of phosphoric acid groups is 1. The largest absolute Gasteiger partial charge is 0.472 e. The first kappa shape index (κ1) is 68.9. The molecule has 0 aliphatic heterocycles. The Bertz CT molecular complexity index is 1490. The van der Waals surface area contributed by atoms with Gasteiger partial charge in [0.15, 0.2) is 6.10 Å². The van der Waals surface area contributed by atoms with Gasteiger partial charge in [-0.05, 0) is 109 Å². The SMILES string of the molecule is CC/C=C\C/C=C\C/C=C\CCCCCC(=O)OCC(COP(=O)(O)OCC(CO)OC(=O)CCCCCCC/C=C\C/C=C\CCCCC)OC(=O)CCCCCCCCC/C=C\CCCCCCCC. The number of ether oxygens (including phenoxy) is 3. The molecular formula is C60H105O11P. The van der Waals surface area contributed by atoms with E-state index in [4.69, 9.17) is 23.3 Å². The number of aliphatic hydroxyl groups excluding tert-OH is 1. The summed E-state index contributed by atoms with van der Waals surface area (Å²) < 4.78 is 39.5. The van der Waals surface area contributed by atoms with Gasteiger partial charge in [-0.2, -0.15) is 0 Å². The molecule has 3 atom stereocenters. The van der Waals surface area contributed by atoms with Crippen LogP contribution in [-0.4, -0.2) is 66.5 Å². The Balaban J connectivity index is 4.75. The highest BCUT2D eigenvalue weighted by molar-refractivity contribution is 7.47. The molecule has 0 saturated carbocycles. The van der Waals surface area contributed by atoms with Gasteiger partial charge in [0.2, 0.25) is 0 Å². The minimum atomic E-state index is -4.76. The van der Waals surface area contributed by atoms with Crippen LogP contribution in [0.3, 0.4) is 0 Å². The highest BCUT2D eigenvalue weighted by Crippen LogP contribution is 2.43. The van der Waals surface area contributed by atoms with Gasteiger partial charge >= 0.3 is 25.7 Å². The lowest BCUT2D eigenvalue weighted by Gasteiger charge is -2.21. The van der Waals surface area contributed by atoms with Gasteiger partial charge < -0.3 is 24.2 Å². The molecule has 0 fully saturated rings.